The van der Waals surface area contributed by atoms with Crippen LogP contribution in [-0.4, -0.2) is 13.1 Å². The summed E-state index contributed by atoms with van der Waals surface area (Å²) in [5, 5.41) is 3.44. The first-order valence-corrected chi connectivity index (χ1v) is 5.99. The SMILES string of the molecule is CCCC(C)C(Cc1ccccc1)NC. The average Bonchev–Trinajstić information content (AvgIpc) is 2.27. The van der Waals surface area contributed by atoms with Crippen LogP contribution in [0.5, 0.6) is 0 Å². The zero-order valence-corrected chi connectivity index (χ0v) is 10.2. The Bertz CT molecular complexity index is 255. The normalized spacial score (nSPS) is 14.9. The third-order valence-electron chi connectivity index (χ3n) is 3.10. The summed E-state index contributed by atoms with van der Waals surface area (Å²) in [5.41, 5.74) is 1.43. The molecule has 0 radical (unpaired) electrons. The van der Waals surface area contributed by atoms with E-state index >= 15 is 0 Å². The highest BCUT2D eigenvalue weighted by molar-refractivity contribution is 5.16. The van der Waals surface area contributed by atoms with Gasteiger partial charge in [-0.3, -0.25) is 0 Å². The maximum Gasteiger partial charge on any atom is 0.0130 e. The molecular formula is C14H23N. The molecule has 1 N–H and O–H groups in total. The summed E-state index contributed by atoms with van der Waals surface area (Å²) < 4.78 is 0. The Morgan fingerprint density at radius 1 is 1.20 bits per heavy atom. The van der Waals surface area contributed by atoms with Crippen LogP contribution in [0.3, 0.4) is 0 Å². The van der Waals surface area contributed by atoms with Gasteiger partial charge in [0.2, 0.25) is 0 Å². The van der Waals surface area contributed by atoms with Crippen LogP contribution in [0.1, 0.15) is 32.3 Å². The third-order valence-corrected chi connectivity index (χ3v) is 3.10. The maximum absolute atomic E-state index is 3.44. The lowest BCUT2D eigenvalue weighted by Crippen LogP contribution is -2.34. The average molecular weight is 205 g/mol. The molecular weight excluding hydrogens is 182 g/mol. The van der Waals surface area contributed by atoms with Gasteiger partial charge in [0.05, 0.1) is 0 Å². The van der Waals surface area contributed by atoms with Crippen LogP contribution >= 0.6 is 0 Å². The van der Waals surface area contributed by atoms with Crippen LogP contribution in [0.15, 0.2) is 30.3 Å². The van der Waals surface area contributed by atoms with Crippen molar-refractivity contribution >= 4 is 0 Å². The van der Waals surface area contributed by atoms with Crippen molar-refractivity contribution in [2.75, 3.05) is 7.05 Å². The summed E-state index contributed by atoms with van der Waals surface area (Å²) in [6.45, 7) is 4.60. The van der Waals surface area contributed by atoms with E-state index in [1.54, 1.807) is 0 Å². The fraction of sp³-hybridized carbons (Fsp3) is 0.571. The van der Waals surface area contributed by atoms with Gasteiger partial charge >= 0.3 is 0 Å². The molecule has 15 heavy (non-hydrogen) atoms. The Hall–Kier alpha value is -0.820. The van der Waals surface area contributed by atoms with Crippen molar-refractivity contribution in [2.24, 2.45) is 5.92 Å². The van der Waals surface area contributed by atoms with E-state index in [-0.39, 0.29) is 0 Å². The third kappa shape index (κ3) is 4.05. The molecule has 0 heterocycles. The fourth-order valence-corrected chi connectivity index (χ4v) is 2.11. The fourth-order valence-electron chi connectivity index (χ4n) is 2.11. The predicted octanol–water partition coefficient (Wildman–Crippen LogP) is 3.25. The van der Waals surface area contributed by atoms with Gasteiger partial charge < -0.3 is 5.32 Å². The molecule has 1 aromatic rings. The van der Waals surface area contributed by atoms with E-state index in [1.807, 2.05) is 0 Å². The summed E-state index contributed by atoms with van der Waals surface area (Å²) >= 11 is 0. The number of likely N-dealkylation sites (N-methyl/N-ethyl adjacent to an activating group) is 1. The van der Waals surface area contributed by atoms with E-state index in [1.165, 1.54) is 18.4 Å². The molecule has 1 rings (SSSR count). The Morgan fingerprint density at radius 2 is 1.87 bits per heavy atom. The monoisotopic (exact) mass is 205 g/mol. The minimum atomic E-state index is 0.604. The molecule has 0 saturated heterocycles. The Morgan fingerprint density at radius 3 is 2.40 bits per heavy atom. The van der Waals surface area contributed by atoms with Crippen LogP contribution in [0.25, 0.3) is 0 Å². The van der Waals surface area contributed by atoms with Crippen LogP contribution in [0, 0.1) is 5.92 Å². The summed E-state index contributed by atoms with van der Waals surface area (Å²) in [6.07, 6.45) is 3.71. The van der Waals surface area contributed by atoms with E-state index in [0.717, 1.165) is 12.3 Å². The first-order valence-electron chi connectivity index (χ1n) is 5.99. The lowest BCUT2D eigenvalue weighted by atomic mass is 9.92. The van der Waals surface area contributed by atoms with Gasteiger partial charge in [-0.2, -0.15) is 0 Å². The first-order chi connectivity index (χ1) is 7.27. The number of hydrogen-bond donors (Lipinski definition) is 1. The van der Waals surface area contributed by atoms with Crippen LogP contribution in [0.4, 0.5) is 0 Å². The highest BCUT2D eigenvalue weighted by atomic mass is 14.9. The van der Waals surface area contributed by atoms with Crippen molar-refractivity contribution in [1.82, 2.24) is 5.32 Å². The van der Waals surface area contributed by atoms with E-state index in [0.29, 0.717) is 6.04 Å². The maximum atomic E-state index is 3.44. The molecule has 0 amide bonds. The van der Waals surface area contributed by atoms with Crippen molar-refractivity contribution < 1.29 is 0 Å². The Kier molecular flexibility index (Phi) is 5.41. The van der Waals surface area contributed by atoms with Crippen LogP contribution in [0.2, 0.25) is 0 Å². The van der Waals surface area contributed by atoms with Gasteiger partial charge in [0.1, 0.15) is 0 Å². The molecule has 0 aliphatic rings. The molecule has 1 heteroatoms. The van der Waals surface area contributed by atoms with Crippen LogP contribution < -0.4 is 5.32 Å². The molecule has 0 bridgehead atoms. The largest absolute Gasteiger partial charge is 0.316 e. The van der Waals surface area contributed by atoms with E-state index in [9.17, 15) is 0 Å². The molecule has 0 saturated carbocycles. The van der Waals surface area contributed by atoms with Crippen molar-refractivity contribution in [2.45, 2.75) is 39.2 Å². The van der Waals surface area contributed by atoms with E-state index in [2.05, 4.69) is 56.5 Å². The number of rotatable bonds is 6. The second kappa shape index (κ2) is 6.62. The molecule has 0 aromatic heterocycles. The van der Waals surface area contributed by atoms with Gasteiger partial charge in [-0.05, 0) is 31.4 Å². The quantitative estimate of drug-likeness (QED) is 0.751. The lowest BCUT2D eigenvalue weighted by Gasteiger charge is -2.23. The smallest absolute Gasteiger partial charge is 0.0130 e. The van der Waals surface area contributed by atoms with Gasteiger partial charge in [0.15, 0.2) is 0 Å². The zero-order valence-electron chi connectivity index (χ0n) is 10.2. The zero-order chi connectivity index (χ0) is 11.1. The Balaban J connectivity index is 2.53. The lowest BCUT2D eigenvalue weighted by molar-refractivity contribution is 0.371. The predicted molar refractivity (Wildman–Crippen MR) is 67.1 cm³/mol. The highest BCUT2D eigenvalue weighted by Gasteiger charge is 2.14. The molecule has 2 unspecified atom stereocenters. The molecule has 0 aliphatic heterocycles. The summed E-state index contributed by atoms with van der Waals surface area (Å²) in [7, 11) is 2.07. The van der Waals surface area contributed by atoms with Crippen molar-refractivity contribution in [3.05, 3.63) is 35.9 Å². The minimum Gasteiger partial charge on any atom is -0.316 e. The molecule has 2 atom stereocenters. The van der Waals surface area contributed by atoms with Gasteiger partial charge in [-0.25, -0.2) is 0 Å². The Labute approximate surface area is 93.9 Å². The van der Waals surface area contributed by atoms with Crippen LogP contribution in [-0.2, 0) is 6.42 Å². The van der Waals surface area contributed by atoms with E-state index in [4.69, 9.17) is 0 Å². The molecule has 0 fully saturated rings. The summed E-state index contributed by atoms with van der Waals surface area (Å²) in [6, 6.07) is 11.3. The number of nitrogens with one attached hydrogen (secondary N) is 1. The highest BCUT2D eigenvalue weighted by Crippen LogP contribution is 2.14. The summed E-state index contributed by atoms with van der Waals surface area (Å²) in [4.78, 5) is 0. The molecule has 1 nitrogen and oxygen atoms in total. The van der Waals surface area contributed by atoms with Gasteiger partial charge in [0, 0.05) is 6.04 Å². The number of hydrogen-bond acceptors (Lipinski definition) is 1. The second-order valence-electron chi connectivity index (χ2n) is 4.35. The summed E-state index contributed by atoms with van der Waals surface area (Å²) in [5.74, 6) is 0.750. The standard InChI is InChI=1S/C14H23N/c1-4-8-12(2)14(15-3)11-13-9-6-5-7-10-13/h5-7,9-10,12,14-15H,4,8,11H2,1-3H3. The van der Waals surface area contributed by atoms with Crippen molar-refractivity contribution in [3.63, 3.8) is 0 Å². The molecule has 1 aromatic carbocycles. The van der Waals surface area contributed by atoms with Gasteiger partial charge in [0.25, 0.3) is 0 Å². The van der Waals surface area contributed by atoms with Gasteiger partial charge in [-0.1, -0.05) is 50.6 Å². The van der Waals surface area contributed by atoms with Crippen molar-refractivity contribution in [3.8, 4) is 0 Å². The topological polar surface area (TPSA) is 12.0 Å². The second-order valence-corrected chi connectivity index (χ2v) is 4.35. The number of benzene rings is 1. The van der Waals surface area contributed by atoms with Gasteiger partial charge in [-0.15, -0.1) is 0 Å². The van der Waals surface area contributed by atoms with Crippen molar-refractivity contribution in [1.29, 1.82) is 0 Å². The molecule has 0 aliphatic carbocycles. The molecule has 0 spiro atoms. The first kappa shape index (κ1) is 12.3. The minimum absolute atomic E-state index is 0.604. The molecule has 84 valence electrons. The van der Waals surface area contributed by atoms with E-state index < -0.39 is 0 Å².